The Hall–Kier alpha value is -1.83. The predicted octanol–water partition coefficient (Wildman–Crippen LogP) is 3.20. The van der Waals surface area contributed by atoms with Gasteiger partial charge in [-0.3, -0.25) is 10.1 Å². The van der Waals surface area contributed by atoms with Gasteiger partial charge < -0.3 is 4.98 Å². The molecule has 2 heterocycles. The summed E-state index contributed by atoms with van der Waals surface area (Å²) in [6.07, 6.45) is -3.45. The highest BCUT2D eigenvalue weighted by Crippen LogP contribution is 2.47. The number of aromatic amines is 1. The lowest BCUT2D eigenvalue weighted by Crippen LogP contribution is -2.48. The molecule has 0 aliphatic carbocycles. The third kappa shape index (κ3) is 2.23. The van der Waals surface area contributed by atoms with E-state index in [9.17, 15) is 23.3 Å². The monoisotopic (exact) mass is 290 g/mol. The van der Waals surface area contributed by atoms with Crippen LogP contribution in [0.4, 0.5) is 13.2 Å². The number of halogens is 3. The van der Waals surface area contributed by atoms with Crippen molar-refractivity contribution in [2.75, 3.05) is 6.54 Å². The summed E-state index contributed by atoms with van der Waals surface area (Å²) in [4.78, 5) is 12.2. The highest BCUT2D eigenvalue weighted by Gasteiger charge is 2.62. The van der Waals surface area contributed by atoms with Gasteiger partial charge in [0.05, 0.1) is 0 Å². The number of hydrogen-bond acceptors (Lipinski definition) is 3. The van der Waals surface area contributed by atoms with Crippen molar-refractivity contribution in [3.8, 4) is 0 Å². The van der Waals surface area contributed by atoms with E-state index >= 15 is 0 Å². The fourth-order valence-electron chi connectivity index (χ4n) is 1.99. The van der Waals surface area contributed by atoms with Crippen molar-refractivity contribution in [1.82, 2.24) is 4.98 Å². The van der Waals surface area contributed by atoms with E-state index in [1.165, 1.54) is 35.8 Å². The Balaban J connectivity index is 2.68. The average molecular weight is 290 g/mol. The molecule has 0 bridgehead atoms. The zero-order valence-corrected chi connectivity index (χ0v) is 10.3. The third-order valence-electron chi connectivity index (χ3n) is 2.85. The molecule has 102 valence electrons. The largest absolute Gasteiger partial charge is 0.411 e. The molecule has 0 fully saturated rings. The Bertz CT molecular complexity index is 515. The zero-order valence-electron chi connectivity index (χ0n) is 9.48. The molecule has 2 rings (SSSR count). The van der Waals surface area contributed by atoms with Crippen molar-refractivity contribution in [3.05, 3.63) is 56.5 Å². The van der Waals surface area contributed by atoms with E-state index < -0.39 is 23.1 Å². The Labute approximate surface area is 110 Å². The molecule has 0 unspecified atom stereocenters. The molecular weight excluding hydrogens is 281 g/mol. The molecule has 0 amide bonds. The SMILES string of the molecule is O=[N+]([O-])C[C@@](c1ccc[nH]1)(c1cccs1)C(F)(F)F. The highest BCUT2D eigenvalue weighted by molar-refractivity contribution is 7.10. The normalized spacial score (nSPS) is 15.1. The lowest BCUT2D eigenvalue weighted by Gasteiger charge is -2.30. The quantitative estimate of drug-likeness (QED) is 0.694. The van der Waals surface area contributed by atoms with Gasteiger partial charge in [-0.15, -0.1) is 11.3 Å². The smallest absolute Gasteiger partial charge is 0.364 e. The van der Waals surface area contributed by atoms with Gasteiger partial charge in [0.15, 0.2) is 0 Å². The second kappa shape index (κ2) is 4.69. The minimum atomic E-state index is -4.77. The van der Waals surface area contributed by atoms with Crippen molar-refractivity contribution in [2.24, 2.45) is 0 Å². The predicted molar refractivity (Wildman–Crippen MR) is 63.8 cm³/mol. The van der Waals surface area contributed by atoms with Gasteiger partial charge in [0.1, 0.15) is 0 Å². The molecule has 0 radical (unpaired) electrons. The fraction of sp³-hybridized carbons (Fsp3) is 0.273. The number of aromatic nitrogens is 1. The van der Waals surface area contributed by atoms with E-state index in [1.54, 1.807) is 0 Å². The van der Waals surface area contributed by atoms with Crippen molar-refractivity contribution < 1.29 is 18.1 Å². The van der Waals surface area contributed by atoms with Gasteiger partial charge in [0.25, 0.3) is 0 Å². The first-order chi connectivity index (χ1) is 8.88. The molecule has 19 heavy (non-hydrogen) atoms. The number of thiophene rings is 1. The topological polar surface area (TPSA) is 58.9 Å². The van der Waals surface area contributed by atoms with Crippen LogP contribution in [0.2, 0.25) is 0 Å². The number of H-pyrrole nitrogens is 1. The molecule has 2 aromatic heterocycles. The van der Waals surface area contributed by atoms with Crippen molar-refractivity contribution in [3.63, 3.8) is 0 Å². The summed E-state index contributed by atoms with van der Waals surface area (Å²) in [6.45, 7) is -1.24. The Kier molecular flexibility index (Phi) is 3.36. The molecule has 8 heteroatoms. The summed E-state index contributed by atoms with van der Waals surface area (Å²) in [5.74, 6) is 0. The molecule has 0 spiro atoms. The van der Waals surface area contributed by atoms with Gasteiger partial charge in [0.2, 0.25) is 12.0 Å². The number of nitrogens with one attached hydrogen (secondary N) is 1. The maximum Gasteiger partial charge on any atom is 0.411 e. The van der Waals surface area contributed by atoms with Crippen LogP contribution in [0.5, 0.6) is 0 Å². The molecule has 4 nitrogen and oxygen atoms in total. The number of nitro groups is 1. The molecule has 1 atom stereocenters. The van der Waals surface area contributed by atoms with E-state index in [4.69, 9.17) is 0 Å². The first-order valence-electron chi connectivity index (χ1n) is 5.24. The van der Waals surface area contributed by atoms with Gasteiger partial charge in [-0.25, -0.2) is 0 Å². The Morgan fingerprint density at radius 1 is 1.32 bits per heavy atom. The standard InChI is InChI=1S/C11H9F3N2O2S/c12-11(13,14)10(7-16(17)18,8-3-1-5-15-8)9-4-2-6-19-9/h1-6,15H,7H2/t10-/m1/s1. The lowest BCUT2D eigenvalue weighted by molar-refractivity contribution is -0.498. The molecule has 0 aliphatic heterocycles. The number of nitrogens with zero attached hydrogens (tertiary/aromatic N) is 1. The van der Waals surface area contributed by atoms with Crippen LogP contribution in [0.1, 0.15) is 10.6 Å². The average Bonchev–Trinajstić information content (AvgIpc) is 2.97. The number of alkyl halides is 3. The van der Waals surface area contributed by atoms with Crippen molar-refractivity contribution in [2.45, 2.75) is 11.6 Å². The molecule has 0 saturated carbocycles. The minimum Gasteiger partial charge on any atom is -0.364 e. The van der Waals surface area contributed by atoms with Gasteiger partial charge in [-0.1, -0.05) is 6.07 Å². The second-order valence-corrected chi connectivity index (χ2v) is 4.90. The number of hydrogen-bond donors (Lipinski definition) is 1. The van der Waals surface area contributed by atoms with Gasteiger partial charge >= 0.3 is 6.18 Å². The Morgan fingerprint density at radius 2 is 2.05 bits per heavy atom. The van der Waals surface area contributed by atoms with E-state index in [0.717, 1.165) is 11.3 Å². The summed E-state index contributed by atoms with van der Waals surface area (Å²) >= 11 is 0.853. The second-order valence-electron chi connectivity index (χ2n) is 3.96. The van der Waals surface area contributed by atoms with Crippen LogP contribution in [-0.4, -0.2) is 22.6 Å². The zero-order chi connectivity index (χ0) is 14.1. The van der Waals surface area contributed by atoms with Crippen LogP contribution in [0, 0.1) is 10.1 Å². The summed E-state index contributed by atoms with van der Waals surface area (Å²) in [5, 5.41) is 12.2. The van der Waals surface area contributed by atoms with Crippen LogP contribution in [0.3, 0.4) is 0 Å². The van der Waals surface area contributed by atoms with Crippen LogP contribution in [0.25, 0.3) is 0 Å². The van der Waals surface area contributed by atoms with Crippen LogP contribution < -0.4 is 0 Å². The molecule has 0 aromatic carbocycles. The fourth-order valence-corrected chi connectivity index (χ4v) is 2.94. The summed E-state index contributed by atoms with van der Waals surface area (Å²) < 4.78 is 40.6. The highest BCUT2D eigenvalue weighted by atomic mass is 32.1. The molecule has 0 aliphatic rings. The maximum atomic E-state index is 13.5. The van der Waals surface area contributed by atoms with E-state index in [1.807, 2.05) is 0 Å². The molecule has 0 saturated heterocycles. The van der Waals surface area contributed by atoms with Crippen LogP contribution >= 0.6 is 11.3 Å². The summed E-state index contributed by atoms with van der Waals surface area (Å²) in [7, 11) is 0. The Morgan fingerprint density at radius 3 is 2.47 bits per heavy atom. The molecular formula is C11H9F3N2O2S. The molecule has 1 N–H and O–H groups in total. The summed E-state index contributed by atoms with van der Waals surface area (Å²) in [6, 6.07) is 5.33. The van der Waals surface area contributed by atoms with Crippen molar-refractivity contribution >= 4 is 11.3 Å². The molecule has 2 aromatic rings. The van der Waals surface area contributed by atoms with Gasteiger partial charge in [0, 0.05) is 21.7 Å². The van der Waals surface area contributed by atoms with Crippen LogP contribution in [-0.2, 0) is 5.41 Å². The third-order valence-corrected chi connectivity index (χ3v) is 3.88. The van der Waals surface area contributed by atoms with Gasteiger partial charge in [-0.05, 0) is 23.6 Å². The summed E-state index contributed by atoms with van der Waals surface area (Å²) in [5.41, 5.74) is -2.85. The van der Waals surface area contributed by atoms with Crippen molar-refractivity contribution in [1.29, 1.82) is 0 Å². The van der Waals surface area contributed by atoms with E-state index in [0.29, 0.717) is 0 Å². The maximum absolute atomic E-state index is 13.5. The first-order valence-corrected chi connectivity index (χ1v) is 6.12. The number of rotatable bonds is 4. The van der Waals surface area contributed by atoms with Gasteiger partial charge in [-0.2, -0.15) is 13.2 Å². The first kappa shape index (κ1) is 13.6. The minimum absolute atomic E-state index is 0.0980. The van der Waals surface area contributed by atoms with Crippen LogP contribution in [0.15, 0.2) is 35.8 Å². The van der Waals surface area contributed by atoms with E-state index in [-0.39, 0.29) is 10.6 Å². The van der Waals surface area contributed by atoms with E-state index in [2.05, 4.69) is 4.98 Å². The lowest BCUT2D eigenvalue weighted by atomic mass is 9.82.